The number of ether oxygens (including phenoxy) is 1. The highest BCUT2D eigenvalue weighted by Gasteiger charge is 2.31. The van der Waals surface area contributed by atoms with Gasteiger partial charge in [0, 0.05) is 50.3 Å². The zero-order chi connectivity index (χ0) is 25.4. The fourth-order valence-corrected chi connectivity index (χ4v) is 6.66. The van der Waals surface area contributed by atoms with Gasteiger partial charge in [0.05, 0.1) is 26.0 Å². The Morgan fingerprint density at radius 3 is 2.81 bits per heavy atom. The van der Waals surface area contributed by atoms with Crippen molar-refractivity contribution in [3.8, 4) is 11.1 Å². The molecular formula is C25H29FI2N5O2P. The lowest BCUT2D eigenvalue weighted by Gasteiger charge is -2.29. The van der Waals surface area contributed by atoms with Crippen LogP contribution in [0.3, 0.4) is 0 Å². The number of nitrogens with one attached hydrogen (secondary N) is 1. The first-order valence-corrected chi connectivity index (χ1v) is 14.7. The number of aromatic nitrogens is 2. The highest BCUT2D eigenvalue weighted by Crippen LogP contribution is 2.37. The van der Waals surface area contributed by atoms with E-state index in [0.717, 1.165) is 53.7 Å². The van der Waals surface area contributed by atoms with Crippen LogP contribution in [0.15, 0.2) is 36.8 Å². The van der Waals surface area contributed by atoms with Gasteiger partial charge in [-0.05, 0) is 54.8 Å². The molecule has 0 aliphatic carbocycles. The van der Waals surface area contributed by atoms with Gasteiger partial charge >= 0.3 is 6.03 Å². The molecule has 1 N–H and O–H groups in total. The zero-order valence-electron chi connectivity index (χ0n) is 20.0. The second-order valence-electron chi connectivity index (χ2n) is 9.60. The maximum atomic E-state index is 15.0. The van der Waals surface area contributed by atoms with Gasteiger partial charge in [0.25, 0.3) is 0 Å². The second-order valence-corrected chi connectivity index (χ2v) is 17.0. The van der Waals surface area contributed by atoms with E-state index in [-0.39, 0.29) is 13.1 Å². The molecule has 0 spiro atoms. The molecule has 2 atom stereocenters. The lowest BCUT2D eigenvalue weighted by molar-refractivity contribution is 0.123. The predicted molar refractivity (Wildman–Crippen MR) is 163 cm³/mol. The molecule has 192 valence electrons. The predicted octanol–water partition coefficient (Wildman–Crippen LogP) is 5.31. The number of morpholine rings is 1. The standard InChI is InChI=1S/C25H29FI2N5O2P/c1-25(27,28)13-16-2-4-33(14-16)24(34)30-20-11-18(22(36)12-19(20)26)17-10-21(31-6-8-35-9-7-31)23-29-3-5-32(23)15-17/h3,5,10-12,15-16H,2,4,6-9,13-14,36H2,1H3,(H,30,34)/t16-/m0/s1. The van der Waals surface area contributed by atoms with Gasteiger partial charge in [-0.1, -0.05) is 45.2 Å². The minimum atomic E-state index is -0.447. The molecule has 36 heavy (non-hydrogen) atoms. The molecule has 7 nitrogen and oxygen atoms in total. The molecule has 4 heterocycles. The number of amides is 2. The van der Waals surface area contributed by atoms with Crippen LogP contribution in [0.5, 0.6) is 0 Å². The van der Waals surface area contributed by atoms with Crippen LogP contribution < -0.4 is 15.5 Å². The molecule has 2 fully saturated rings. The van der Waals surface area contributed by atoms with Gasteiger partial charge in [0.2, 0.25) is 0 Å². The summed E-state index contributed by atoms with van der Waals surface area (Å²) in [5.74, 6) is 0.0157. The monoisotopic (exact) mass is 735 g/mol. The van der Waals surface area contributed by atoms with E-state index in [2.05, 4.69) is 82.6 Å². The maximum absolute atomic E-state index is 15.0. The van der Waals surface area contributed by atoms with E-state index in [1.54, 1.807) is 17.2 Å². The molecule has 2 saturated heterocycles. The fraction of sp³-hybridized carbons (Fsp3) is 0.440. The minimum Gasteiger partial charge on any atom is -0.378 e. The molecule has 1 aromatic carbocycles. The number of urea groups is 1. The van der Waals surface area contributed by atoms with E-state index in [4.69, 9.17) is 4.74 Å². The van der Waals surface area contributed by atoms with Gasteiger partial charge < -0.3 is 24.3 Å². The Morgan fingerprint density at radius 2 is 2.06 bits per heavy atom. The molecule has 0 radical (unpaired) electrons. The molecule has 2 aliphatic heterocycles. The van der Waals surface area contributed by atoms with Crippen LogP contribution in [0.2, 0.25) is 0 Å². The first-order valence-electron chi connectivity index (χ1n) is 12.0. The number of halogens is 3. The first kappa shape index (κ1) is 26.4. The number of imidazole rings is 1. The molecule has 1 unspecified atom stereocenters. The molecule has 0 saturated carbocycles. The van der Waals surface area contributed by atoms with E-state index in [9.17, 15) is 9.18 Å². The minimum absolute atomic E-state index is 0.165. The Hall–Kier alpha value is -1.24. The summed E-state index contributed by atoms with van der Waals surface area (Å²) in [7, 11) is 2.63. The molecule has 3 aromatic rings. The van der Waals surface area contributed by atoms with Crippen molar-refractivity contribution in [2.24, 2.45) is 5.92 Å². The zero-order valence-corrected chi connectivity index (χ0v) is 25.5. The van der Waals surface area contributed by atoms with Crippen molar-refractivity contribution in [3.05, 3.63) is 42.6 Å². The second kappa shape index (κ2) is 10.9. The molecule has 2 aliphatic rings. The average Bonchev–Trinajstić information content (AvgIpc) is 3.49. The van der Waals surface area contributed by atoms with Crippen molar-refractivity contribution in [1.82, 2.24) is 14.3 Å². The van der Waals surface area contributed by atoms with Crippen molar-refractivity contribution in [2.45, 2.75) is 21.2 Å². The lowest BCUT2D eigenvalue weighted by atomic mass is 10.0. The molecule has 2 aromatic heterocycles. The first-order chi connectivity index (χ1) is 17.2. The fourth-order valence-electron chi connectivity index (χ4n) is 5.02. The number of likely N-dealkylation sites (tertiary alicyclic amines) is 1. The number of fused-ring (bicyclic) bond motifs is 1. The molecule has 0 bridgehead atoms. The summed E-state index contributed by atoms with van der Waals surface area (Å²) >= 11 is 4.90. The Morgan fingerprint density at radius 1 is 1.28 bits per heavy atom. The number of carbonyl (C=O) groups is 1. The molecule has 11 heteroatoms. The average molecular weight is 735 g/mol. The summed E-state index contributed by atoms with van der Waals surface area (Å²) in [5, 5.41) is 3.56. The van der Waals surface area contributed by atoms with E-state index in [1.165, 1.54) is 6.07 Å². The number of nitrogens with zero attached hydrogens (tertiary/aromatic N) is 4. The van der Waals surface area contributed by atoms with Gasteiger partial charge in [0.15, 0.2) is 5.65 Å². The van der Waals surface area contributed by atoms with Crippen molar-refractivity contribution < 1.29 is 13.9 Å². The third kappa shape index (κ3) is 5.91. The van der Waals surface area contributed by atoms with Gasteiger partial charge in [-0.3, -0.25) is 0 Å². The summed E-state index contributed by atoms with van der Waals surface area (Å²) < 4.78 is 22.7. The summed E-state index contributed by atoms with van der Waals surface area (Å²) in [6, 6.07) is 5.04. The number of hydrogen-bond acceptors (Lipinski definition) is 4. The third-order valence-electron chi connectivity index (χ3n) is 6.73. The largest absolute Gasteiger partial charge is 0.378 e. The number of alkyl halides is 2. The SMILES string of the molecule is CC(I)(I)C[C@@H]1CCN(C(=O)Nc2cc(-c3cc(N4CCOCC4)c4nccn4c3)c(P)cc2F)C1. The van der Waals surface area contributed by atoms with Gasteiger partial charge in [0.1, 0.15) is 5.82 Å². The van der Waals surface area contributed by atoms with Crippen molar-refractivity contribution in [2.75, 3.05) is 49.6 Å². The highest BCUT2D eigenvalue weighted by molar-refractivity contribution is 14.2. The summed E-state index contributed by atoms with van der Waals surface area (Å²) in [5.41, 5.74) is 3.84. The van der Waals surface area contributed by atoms with Crippen molar-refractivity contribution in [3.63, 3.8) is 0 Å². The molecule has 2 amide bonds. The molecular weight excluding hydrogens is 706 g/mol. The van der Waals surface area contributed by atoms with Crippen LogP contribution in [-0.2, 0) is 4.74 Å². The quantitative estimate of drug-likeness (QED) is 0.220. The van der Waals surface area contributed by atoms with Crippen molar-refractivity contribution in [1.29, 1.82) is 0 Å². The van der Waals surface area contributed by atoms with Gasteiger partial charge in [-0.2, -0.15) is 0 Å². The van der Waals surface area contributed by atoms with Crippen LogP contribution >= 0.6 is 54.4 Å². The van der Waals surface area contributed by atoms with Crippen LogP contribution in [0.4, 0.5) is 20.6 Å². The number of rotatable bonds is 5. The normalized spacial score (nSPS) is 18.8. The smallest absolute Gasteiger partial charge is 0.321 e. The van der Waals surface area contributed by atoms with E-state index in [1.807, 2.05) is 16.8 Å². The maximum Gasteiger partial charge on any atom is 0.321 e. The number of hydrogen-bond donors (Lipinski definition) is 1. The number of anilines is 2. The Labute approximate surface area is 240 Å². The molecule has 5 rings (SSSR count). The number of benzene rings is 1. The van der Waals surface area contributed by atoms with E-state index in [0.29, 0.717) is 32.2 Å². The van der Waals surface area contributed by atoms with Crippen LogP contribution in [-0.4, -0.2) is 61.1 Å². The van der Waals surface area contributed by atoms with E-state index < -0.39 is 5.82 Å². The number of carbonyl (C=O) groups excluding carboxylic acids is 1. The summed E-state index contributed by atoms with van der Waals surface area (Å²) in [6.45, 7) is 6.50. The summed E-state index contributed by atoms with van der Waals surface area (Å²) in [4.78, 5) is 21.6. The Bertz CT molecular complexity index is 1280. The van der Waals surface area contributed by atoms with Gasteiger partial charge in [-0.25, -0.2) is 14.2 Å². The van der Waals surface area contributed by atoms with Crippen LogP contribution in [0.25, 0.3) is 16.8 Å². The summed E-state index contributed by atoms with van der Waals surface area (Å²) in [6.07, 6.45) is 7.71. The van der Waals surface area contributed by atoms with Gasteiger partial charge in [-0.15, -0.1) is 9.24 Å². The third-order valence-corrected chi connectivity index (χ3v) is 8.09. The van der Waals surface area contributed by atoms with Crippen LogP contribution in [0.1, 0.15) is 19.8 Å². The van der Waals surface area contributed by atoms with E-state index >= 15 is 0 Å². The van der Waals surface area contributed by atoms with Crippen LogP contribution in [0, 0.1) is 11.7 Å². The topological polar surface area (TPSA) is 62.1 Å². The Kier molecular flexibility index (Phi) is 7.96. The number of pyridine rings is 1. The Balaban J connectivity index is 1.41. The highest BCUT2D eigenvalue weighted by atomic mass is 127. The van der Waals surface area contributed by atoms with Crippen molar-refractivity contribution >= 4 is 82.8 Å². The lowest BCUT2D eigenvalue weighted by Crippen LogP contribution is -2.36.